The second kappa shape index (κ2) is 7.45. The Hall–Kier alpha value is -2.82. The van der Waals surface area contributed by atoms with Gasteiger partial charge in [0.05, 0.1) is 12.2 Å². The summed E-state index contributed by atoms with van der Waals surface area (Å²) in [6.07, 6.45) is 0. The van der Waals surface area contributed by atoms with E-state index in [1.54, 1.807) is 36.4 Å². The number of anilines is 1. The van der Waals surface area contributed by atoms with E-state index >= 15 is 0 Å². The Morgan fingerprint density at radius 3 is 2.39 bits per heavy atom. The average Bonchev–Trinajstić information content (AvgIpc) is 2.53. The molecule has 5 nitrogen and oxygen atoms in total. The molecule has 0 aliphatic rings. The molecule has 0 saturated carbocycles. The highest BCUT2D eigenvalue weighted by Gasteiger charge is 2.09. The van der Waals surface area contributed by atoms with Gasteiger partial charge in [-0.25, -0.2) is 4.79 Å². The van der Waals surface area contributed by atoms with Gasteiger partial charge in [-0.3, -0.25) is 4.79 Å². The Kier molecular flexibility index (Phi) is 5.36. The van der Waals surface area contributed by atoms with Crippen LogP contribution in [0.15, 0.2) is 48.5 Å². The molecule has 2 aromatic carbocycles. The zero-order valence-electron chi connectivity index (χ0n) is 13.1. The smallest absolute Gasteiger partial charge is 0.335 e. The SMILES string of the molecule is CC(C)COc1ccc(C(=O)Nc2cccc(C(=O)O)c2)cc1. The molecule has 0 heterocycles. The van der Waals surface area contributed by atoms with Crippen molar-refractivity contribution in [3.8, 4) is 5.75 Å². The normalized spacial score (nSPS) is 10.4. The summed E-state index contributed by atoms with van der Waals surface area (Å²) in [7, 11) is 0. The number of carbonyl (C=O) groups is 2. The highest BCUT2D eigenvalue weighted by molar-refractivity contribution is 6.04. The summed E-state index contributed by atoms with van der Waals surface area (Å²) in [5.41, 5.74) is 1.04. The Morgan fingerprint density at radius 1 is 1.09 bits per heavy atom. The van der Waals surface area contributed by atoms with Crippen molar-refractivity contribution in [1.82, 2.24) is 0 Å². The fourth-order valence-electron chi connectivity index (χ4n) is 1.90. The van der Waals surface area contributed by atoms with E-state index in [-0.39, 0.29) is 11.5 Å². The van der Waals surface area contributed by atoms with E-state index in [2.05, 4.69) is 19.2 Å². The summed E-state index contributed by atoms with van der Waals surface area (Å²) in [6, 6.07) is 12.9. The third-order valence-corrected chi connectivity index (χ3v) is 3.07. The maximum Gasteiger partial charge on any atom is 0.335 e. The molecule has 0 atom stereocenters. The van der Waals surface area contributed by atoms with Crippen LogP contribution < -0.4 is 10.1 Å². The molecule has 0 saturated heterocycles. The second-order valence-corrected chi connectivity index (χ2v) is 5.57. The number of ether oxygens (including phenoxy) is 1. The number of benzene rings is 2. The number of carboxylic acid groups (broad SMARTS) is 1. The third-order valence-electron chi connectivity index (χ3n) is 3.07. The molecule has 0 aromatic heterocycles. The van der Waals surface area contributed by atoms with Crippen LogP contribution >= 0.6 is 0 Å². The summed E-state index contributed by atoms with van der Waals surface area (Å²) in [4.78, 5) is 23.1. The third kappa shape index (κ3) is 4.85. The van der Waals surface area contributed by atoms with Gasteiger partial charge in [0.25, 0.3) is 5.91 Å². The van der Waals surface area contributed by atoms with Gasteiger partial charge in [-0.15, -0.1) is 0 Å². The van der Waals surface area contributed by atoms with E-state index in [0.717, 1.165) is 0 Å². The lowest BCUT2D eigenvalue weighted by atomic mass is 10.1. The zero-order valence-corrected chi connectivity index (χ0v) is 13.1. The molecule has 0 fully saturated rings. The Bertz CT molecular complexity index is 692. The largest absolute Gasteiger partial charge is 0.493 e. The van der Waals surface area contributed by atoms with Crippen molar-refractivity contribution >= 4 is 17.6 Å². The first kappa shape index (κ1) is 16.5. The highest BCUT2D eigenvalue weighted by Crippen LogP contribution is 2.16. The maximum absolute atomic E-state index is 12.2. The van der Waals surface area contributed by atoms with Crippen molar-refractivity contribution in [2.24, 2.45) is 5.92 Å². The van der Waals surface area contributed by atoms with Crippen molar-refractivity contribution in [2.75, 3.05) is 11.9 Å². The van der Waals surface area contributed by atoms with E-state index in [1.165, 1.54) is 12.1 Å². The number of hydrogen-bond acceptors (Lipinski definition) is 3. The summed E-state index contributed by atoms with van der Waals surface area (Å²) >= 11 is 0. The Balaban J connectivity index is 2.03. The van der Waals surface area contributed by atoms with E-state index in [0.29, 0.717) is 29.5 Å². The van der Waals surface area contributed by atoms with Gasteiger partial charge in [0.2, 0.25) is 0 Å². The Labute approximate surface area is 134 Å². The average molecular weight is 313 g/mol. The van der Waals surface area contributed by atoms with Crippen molar-refractivity contribution in [3.63, 3.8) is 0 Å². The van der Waals surface area contributed by atoms with Crippen LogP contribution in [-0.4, -0.2) is 23.6 Å². The Morgan fingerprint density at radius 2 is 1.78 bits per heavy atom. The molecule has 0 radical (unpaired) electrons. The monoisotopic (exact) mass is 313 g/mol. The second-order valence-electron chi connectivity index (χ2n) is 5.57. The maximum atomic E-state index is 12.2. The number of carbonyl (C=O) groups excluding carboxylic acids is 1. The minimum atomic E-state index is -1.03. The fourth-order valence-corrected chi connectivity index (χ4v) is 1.90. The van der Waals surface area contributed by atoms with Crippen LogP contribution in [0.3, 0.4) is 0 Å². The van der Waals surface area contributed by atoms with Crippen LogP contribution in [0.25, 0.3) is 0 Å². The zero-order chi connectivity index (χ0) is 16.8. The number of rotatable bonds is 6. The van der Waals surface area contributed by atoms with Crippen molar-refractivity contribution in [1.29, 1.82) is 0 Å². The topological polar surface area (TPSA) is 75.6 Å². The van der Waals surface area contributed by atoms with Crippen LogP contribution in [0.4, 0.5) is 5.69 Å². The van der Waals surface area contributed by atoms with Gasteiger partial charge >= 0.3 is 5.97 Å². The number of amides is 1. The molecular weight excluding hydrogens is 294 g/mol. The number of aromatic carboxylic acids is 1. The van der Waals surface area contributed by atoms with E-state index < -0.39 is 5.97 Å². The van der Waals surface area contributed by atoms with Gasteiger partial charge in [-0.1, -0.05) is 19.9 Å². The van der Waals surface area contributed by atoms with Gasteiger partial charge in [-0.2, -0.15) is 0 Å². The van der Waals surface area contributed by atoms with Crippen LogP contribution in [0, 0.1) is 5.92 Å². The number of nitrogens with one attached hydrogen (secondary N) is 1. The van der Waals surface area contributed by atoms with Crippen LogP contribution in [-0.2, 0) is 0 Å². The lowest BCUT2D eigenvalue weighted by Gasteiger charge is -2.09. The van der Waals surface area contributed by atoms with Gasteiger partial charge in [0.15, 0.2) is 0 Å². The molecule has 0 bridgehead atoms. The molecular formula is C18H19NO4. The van der Waals surface area contributed by atoms with Crippen LogP contribution in [0.2, 0.25) is 0 Å². The molecule has 0 spiro atoms. The molecule has 1 amide bonds. The van der Waals surface area contributed by atoms with Crippen LogP contribution in [0.1, 0.15) is 34.6 Å². The molecule has 0 aliphatic heterocycles. The standard InChI is InChI=1S/C18H19NO4/c1-12(2)11-23-16-8-6-13(7-9-16)17(20)19-15-5-3-4-14(10-15)18(21)22/h3-10,12H,11H2,1-2H3,(H,19,20)(H,21,22). The first-order valence-corrected chi connectivity index (χ1v) is 7.33. The van der Waals surface area contributed by atoms with E-state index in [1.807, 2.05) is 0 Å². The highest BCUT2D eigenvalue weighted by atomic mass is 16.5. The van der Waals surface area contributed by atoms with Crippen LogP contribution in [0.5, 0.6) is 5.75 Å². The first-order valence-electron chi connectivity index (χ1n) is 7.33. The molecule has 2 aromatic rings. The van der Waals surface area contributed by atoms with Gasteiger partial charge in [0.1, 0.15) is 5.75 Å². The summed E-state index contributed by atoms with van der Waals surface area (Å²) < 4.78 is 5.57. The van der Waals surface area contributed by atoms with E-state index in [9.17, 15) is 9.59 Å². The molecule has 0 aliphatic carbocycles. The predicted molar refractivity (Wildman–Crippen MR) is 88.1 cm³/mol. The van der Waals surface area contributed by atoms with E-state index in [4.69, 9.17) is 9.84 Å². The van der Waals surface area contributed by atoms with Gasteiger partial charge < -0.3 is 15.2 Å². The van der Waals surface area contributed by atoms with Crippen molar-refractivity contribution in [2.45, 2.75) is 13.8 Å². The molecule has 0 unspecified atom stereocenters. The number of hydrogen-bond donors (Lipinski definition) is 2. The molecule has 2 rings (SSSR count). The molecule has 120 valence electrons. The summed E-state index contributed by atoms with van der Waals surface area (Å²) in [5, 5.41) is 11.6. The fraction of sp³-hybridized carbons (Fsp3) is 0.222. The number of carboxylic acids is 1. The quantitative estimate of drug-likeness (QED) is 0.853. The predicted octanol–water partition coefficient (Wildman–Crippen LogP) is 3.67. The van der Waals surface area contributed by atoms with Crippen molar-refractivity contribution < 1.29 is 19.4 Å². The van der Waals surface area contributed by atoms with Crippen molar-refractivity contribution in [3.05, 3.63) is 59.7 Å². The summed E-state index contributed by atoms with van der Waals surface area (Å²) in [6.45, 7) is 4.74. The van der Waals surface area contributed by atoms with Gasteiger partial charge in [-0.05, 0) is 48.4 Å². The minimum absolute atomic E-state index is 0.125. The lowest BCUT2D eigenvalue weighted by Crippen LogP contribution is -2.12. The summed E-state index contributed by atoms with van der Waals surface area (Å²) in [5.74, 6) is -0.196. The first-order chi connectivity index (χ1) is 11.0. The van der Waals surface area contributed by atoms with Gasteiger partial charge in [0, 0.05) is 11.3 Å². The molecule has 23 heavy (non-hydrogen) atoms. The molecule has 5 heteroatoms. The minimum Gasteiger partial charge on any atom is -0.493 e. The lowest BCUT2D eigenvalue weighted by molar-refractivity contribution is 0.0696. The molecule has 2 N–H and O–H groups in total.